The molecular weight excluding hydrogens is 256 g/mol. The molecule has 0 radical (unpaired) electrons. The molecule has 1 aromatic rings. The van der Waals surface area contributed by atoms with Crippen LogP contribution in [0.4, 0.5) is 5.69 Å². The molecule has 0 saturated heterocycles. The molecule has 1 heterocycles. The van der Waals surface area contributed by atoms with Crippen molar-refractivity contribution < 1.29 is 0 Å². The van der Waals surface area contributed by atoms with Crippen LogP contribution in [0, 0.1) is 5.41 Å². The molecule has 0 amide bonds. The Labute approximate surface area is 129 Å². The number of hydrogen-bond donors (Lipinski definition) is 1. The van der Waals surface area contributed by atoms with Gasteiger partial charge < -0.3 is 10.2 Å². The maximum atomic E-state index is 3.78. The summed E-state index contributed by atoms with van der Waals surface area (Å²) in [6.07, 6.45) is 7.96. The van der Waals surface area contributed by atoms with E-state index in [0.717, 1.165) is 6.04 Å². The van der Waals surface area contributed by atoms with Crippen molar-refractivity contribution in [3.8, 4) is 0 Å². The molecule has 1 aliphatic heterocycles. The minimum absolute atomic E-state index is 0.581. The molecule has 2 aliphatic rings. The maximum Gasteiger partial charge on any atom is 0.0399 e. The summed E-state index contributed by atoms with van der Waals surface area (Å²) in [7, 11) is 0. The number of para-hydroxylation sites is 1. The first kappa shape index (κ1) is 14.9. The number of rotatable bonds is 5. The van der Waals surface area contributed by atoms with Gasteiger partial charge in [0.05, 0.1) is 0 Å². The van der Waals surface area contributed by atoms with E-state index in [1.807, 2.05) is 0 Å². The first-order valence-electron chi connectivity index (χ1n) is 8.70. The number of anilines is 1. The van der Waals surface area contributed by atoms with Crippen LogP contribution in [0.2, 0.25) is 0 Å². The van der Waals surface area contributed by atoms with Gasteiger partial charge in [0.25, 0.3) is 0 Å². The predicted octanol–water partition coefficient (Wildman–Crippen LogP) is 4.00. The van der Waals surface area contributed by atoms with E-state index >= 15 is 0 Å². The Morgan fingerprint density at radius 3 is 2.76 bits per heavy atom. The zero-order valence-corrected chi connectivity index (χ0v) is 13.7. The molecule has 0 spiro atoms. The van der Waals surface area contributed by atoms with Crippen molar-refractivity contribution in [2.24, 2.45) is 5.41 Å². The first-order valence-corrected chi connectivity index (χ1v) is 8.70. The molecule has 2 heteroatoms. The molecule has 0 bridgehead atoms. The molecule has 1 N–H and O–H groups in total. The topological polar surface area (TPSA) is 15.3 Å². The number of hydrogen-bond acceptors (Lipinski definition) is 2. The lowest BCUT2D eigenvalue weighted by Crippen LogP contribution is -2.37. The Balaban J connectivity index is 1.36. The third-order valence-electron chi connectivity index (χ3n) is 5.36. The molecule has 0 atom stereocenters. The molecule has 116 valence electrons. The van der Waals surface area contributed by atoms with Crippen LogP contribution in [-0.4, -0.2) is 25.7 Å². The molecule has 1 saturated carbocycles. The fourth-order valence-electron chi connectivity index (χ4n) is 3.82. The van der Waals surface area contributed by atoms with Crippen LogP contribution in [0.1, 0.15) is 51.5 Å². The first-order chi connectivity index (χ1) is 10.1. The smallest absolute Gasteiger partial charge is 0.0399 e. The Bertz CT molecular complexity index is 456. The minimum atomic E-state index is 0.581. The van der Waals surface area contributed by atoms with Gasteiger partial charge in [0.2, 0.25) is 0 Å². The molecule has 1 aromatic carbocycles. The highest BCUT2D eigenvalue weighted by Gasteiger charge is 2.26. The molecule has 1 fully saturated rings. The molecule has 0 aromatic heterocycles. The van der Waals surface area contributed by atoms with Gasteiger partial charge in [0.1, 0.15) is 0 Å². The van der Waals surface area contributed by atoms with E-state index < -0.39 is 0 Å². The fourth-order valence-corrected chi connectivity index (χ4v) is 3.82. The van der Waals surface area contributed by atoms with E-state index in [1.165, 1.54) is 69.4 Å². The zero-order valence-electron chi connectivity index (χ0n) is 13.7. The Hall–Kier alpha value is -1.02. The van der Waals surface area contributed by atoms with Gasteiger partial charge in [-0.05, 0) is 62.1 Å². The second kappa shape index (κ2) is 6.39. The maximum absolute atomic E-state index is 3.78. The molecule has 21 heavy (non-hydrogen) atoms. The van der Waals surface area contributed by atoms with Crippen LogP contribution in [0.3, 0.4) is 0 Å². The van der Waals surface area contributed by atoms with Gasteiger partial charge >= 0.3 is 0 Å². The summed E-state index contributed by atoms with van der Waals surface area (Å²) in [6, 6.07) is 9.65. The standard InChI is InChI=1S/C19H30N2/c1-19(2)11-8-17(9-12-19)20-13-5-14-21-15-10-16-6-3-4-7-18(16)21/h3-4,6-7,17,20H,5,8-15H2,1-2H3. The SMILES string of the molecule is CC1(C)CCC(NCCCN2CCc3ccccc32)CC1. The van der Waals surface area contributed by atoms with E-state index in [-0.39, 0.29) is 0 Å². The van der Waals surface area contributed by atoms with Crippen molar-refractivity contribution in [3.05, 3.63) is 29.8 Å². The van der Waals surface area contributed by atoms with Gasteiger partial charge in [-0.15, -0.1) is 0 Å². The quantitative estimate of drug-likeness (QED) is 0.823. The number of nitrogens with one attached hydrogen (secondary N) is 1. The second-order valence-corrected chi connectivity index (χ2v) is 7.61. The highest BCUT2D eigenvalue weighted by Crippen LogP contribution is 2.35. The second-order valence-electron chi connectivity index (χ2n) is 7.61. The van der Waals surface area contributed by atoms with Crippen molar-refractivity contribution in [2.45, 2.75) is 58.4 Å². The molecular formula is C19H30N2. The summed E-state index contributed by atoms with van der Waals surface area (Å²) >= 11 is 0. The van der Waals surface area contributed by atoms with Gasteiger partial charge in [-0.2, -0.15) is 0 Å². The third kappa shape index (κ3) is 3.79. The van der Waals surface area contributed by atoms with Crippen LogP contribution in [0.5, 0.6) is 0 Å². The molecule has 1 aliphatic carbocycles. The number of benzene rings is 1. The summed E-state index contributed by atoms with van der Waals surface area (Å²) in [6.45, 7) is 8.39. The van der Waals surface area contributed by atoms with Gasteiger partial charge in [-0.1, -0.05) is 32.0 Å². The summed E-state index contributed by atoms with van der Waals surface area (Å²) in [5.41, 5.74) is 3.58. The number of fused-ring (bicyclic) bond motifs is 1. The largest absolute Gasteiger partial charge is 0.371 e. The lowest BCUT2D eigenvalue weighted by molar-refractivity contribution is 0.207. The monoisotopic (exact) mass is 286 g/mol. The minimum Gasteiger partial charge on any atom is -0.371 e. The fraction of sp³-hybridized carbons (Fsp3) is 0.684. The average Bonchev–Trinajstić information content (AvgIpc) is 2.88. The Morgan fingerprint density at radius 1 is 1.19 bits per heavy atom. The van der Waals surface area contributed by atoms with Gasteiger partial charge in [-0.25, -0.2) is 0 Å². The van der Waals surface area contributed by atoms with E-state index in [4.69, 9.17) is 0 Å². The van der Waals surface area contributed by atoms with E-state index in [1.54, 1.807) is 0 Å². The van der Waals surface area contributed by atoms with E-state index in [0.29, 0.717) is 5.41 Å². The van der Waals surface area contributed by atoms with Crippen molar-refractivity contribution in [1.29, 1.82) is 0 Å². The lowest BCUT2D eigenvalue weighted by Gasteiger charge is -2.34. The predicted molar refractivity (Wildman–Crippen MR) is 91.0 cm³/mol. The van der Waals surface area contributed by atoms with E-state index in [2.05, 4.69) is 48.3 Å². The molecule has 0 unspecified atom stereocenters. The van der Waals surface area contributed by atoms with Crippen molar-refractivity contribution in [2.75, 3.05) is 24.5 Å². The highest BCUT2D eigenvalue weighted by molar-refractivity contribution is 5.57. The summed E-state index contributed by atoms with van der Waals surface area (Å²) in [4.78, 5) is 2.56. The number of nitrogens with zero attached hydrogens (tertiary/aromatic N) is 1. The highest BCUT2D eigenvalue weighted by atomic mass is 15.1. The van der Waals surface area contributed by atoms with Crippen molar-refractivity contribution in [3.63, 3.8) is 0 Å². The molecule has 2 nitrogen and oxygen atoms in total. The van der Waals surface area contributed by atoms with E-state index in [9.17, 15) is 0 Å². The van der Waals surface area contributed by atoms with Crippen LogP contribution in [0.15, 0.2) is 24.3 Å². The Morgan fingerprint density at radius 2 is 1.95 bits per heavy atom. The lowest BCUT2D eigenvalue weighted by atomic mass is 9.75. The van der Waals surface area contributed by atoms with Gasteiger partial charge in [0, 0.05) is 24.8 Å². The summed E-state index contributed by atoms with van der Waals surface area (Å²) in [5.74, 6) is 0. The van der Waals surface area contributed by atoms with Gasteiger partial charge in [-0.3, -0.25) is 0 Å². The van der Waals surface area contributed by atoms with Crippen molar-refractivity contribution >= 4 is 5.69 Å². The normalized spacial score (nSPS) is 21.5. The summed E-state index contributed by atoms with van der Waals surface area (Å²) in [5, 5.41) is 3.78. The third-order valence-corrected chi connectivity index (χ3v) is 5.36. The van der Waals surface area contributed by atoms with Crippen LogP contribution < -0.4 is 10.2 Å². The van der Waals surface area contributed by atoms with Gasteiger partial charge in [0.15, 0.2) is 0 Å². The van der Waals surface area contributed by atoms with Crippen LogP contribution in [-0.2, 0) is 6.42 Å². The zero-order chi connectivity index (χ0) is 14.7. The van der Waals surface area contributed by atoms with Crippen molar-refractivity contribution in [1.82, 2.24) is 5.32 Å². The molecule has 3 rings (SSSR count). The summed E-state index contributed by atoms with van der Waals surface area (Å²) < 4.78 is 0. The average molecular weight is 286 g/mol. The van der Waals surface area contributed by atoms with Crippen LogP contribution in [0.25, 0.3) is 0 Å². The van der Waals surface area contributed by atoms with Crippen LogP contribution >= 0.6 is 0 Å². The Kier molecular flexibility index (Phi) is 4.54.